The van der Waals surface area contributed by atoms with Gasteiger partial charge in [-0.1, -0.05) is 76.8 Å². The van der Waals surface area contributed by atoms with E-state index in [9.17, 15) is 0 Å². The first kappa shape index (κ1) is 19.2. The summed E-state index contributed by atoms with van der Waals surface area (Å²) >= 11 is 1.92. The SMILES string of the molecule is CCCCCCCCCCCCS/C=C\c1ccc(N)cc1. The molecule has 0 bridgehead atoms. The van der Waals surface area contributed by atoms with Crippen molar-refractivity contribution in [2.24, 2.45) is 0 Å². The number of hydrogen-bond donors (Lipinski definition) is 1. The molecule has 22 heavy (non-hydrogen) atoms. The number of unbranched alkanes of at least 4 members (excludes halogenated alkanes) is 9. The summed E-state index contributed by atoms with van der Waals surface area (Å²) in [6.07, 6.45) is 16.3. The number of benzene rings is 1. The van der Waals surface area contributed by atoms with E-state index in [1.165, 1.54) is 75.5 Å². The van der Waals surface area contributed by atoms with Crippen LogP contribution in [0.15, 0.2) is 29.7 Å². The van der Waals surface area contributed by atoms with E-state index in [0.717, 1.165) is 5.69 Å². The highest BCUT2D eigenvalue weighted by Gasteiger charge is 1.93. The minimum atomic E-state index is 0.829. The van der Waals surface area contributed by atoms with Crippen LogP contribution in [0.4, 0.5) is 5.69 Å². The van der Waals surface area contributed by atoms with Gasteiger partial charge < -0.3 is 5.73 Å². The normalized spacial score (nSPS) is 11.3. The maximum atomic E-state index is 5.67. The van der Waals surface area contributed by atoms with Gasteiger partial charge in [0.05, 0.1) is 0 Å². The van der Waals surface area contributed by atoms with Crippen molar-refractivity contribution >= 4 is 23.5 Å². The summed E-state index contributed by atoms with van der Waals surface area (Å²) < 4.78 is 0. The Bertz CT molecular complexity index is 383. The fourth-order valence-electron chi connectivity index (χ4n) is 2.47. The second-order valence-corrected chi connectivity index (χ2v) is 7.04. The van der Waals surface area contributed by atoms with Crippen molar-refractivity contribution in [2.45, 2.75) is 71.1 Å². The molecule has 0 aliphatic rings. The number of nitrogen functional groups attached to an aromatic ring is 1. The van der Waals surface area contributed by atoms with E-state index in [2.05, 4.69) is 30.5 Å². The Hall–Kier alpha value is -0.890. The van der Waals surface area contributed by atoms with Crippen molar-refractivity contribution in [3.63, 3.8) is 0 Å². The lowest BCUT2D eigenvalue weighted by atomic mass is 10.1. The summed E-state index contributed by atoms with van der Waals surface area (Å²) in [6, 6.07) is 8.03. The highest BCUT2D eigenvalue weighted by atomic mass is 32.2. The van der Waals surface area contributed by atoms with E-state index in [-0.39, 0.29) is 0 Å². The van der Waals surface area contributed by atoms with Crippen LogP contribution in [0, 0.1) is 0 Å². The highest BCUT2D eigenvalue weighted by Crippen LogP contribution is 2.14. The third-order valence-electron chi connectivity index (χ3n) is 3.91. The minimum absolute atomic E-state index is 0.829. The van der Waals surface area contributed by atoms with Gasteiger partial charge in [0.15, 0.2) is 0 Å². The molecule has 0 amide bonds. The fourth-order valence-corrected chi connectivity index (χ4v) is 3.23. The van der Waals surface area contributed by atoms with Crippen molar-refractivity contribution in [1.82, 2.24) is 0 Å². The van der Waals surface area contributed by atoms with Gasteiger partial charge in [0, 0.05) is 5.69 Å². The number of hydrogen-bond acceptors (Lipinski definition) is 2. The molecule has 2 heteroatoms. The summed E-state index contributed by atoms with van der Waals surface area (Å²) in [5, 5.41) is 2.21. The molecule has 0 spiro atoms. The van der Waals surface area contributed by atoms with Crippen LogP contribution in [0.3, 0.4) is 0 Å². The molecule has 0 aromatic heterocycles. The van der Waals surface area contributed by atoms with E-state index in [1.54, 1.807) is 0 Å². The number of nitrogens with two attached hydrogens (primary N) is 1. The van der Waals surface area contributed by atoms with Crippen LogP contribution in [0.1, 0.15) is 76.7 Å². The second-order valence-electron chi connectivity index (χ2n) is 6.02. The zero-order valence-electron chi connectivity index (χ0n) is 14.2. The summed E-state index contributed by atoms with van der Waals surface area (Å²) in [5.74, 6) is 1.24. The molecular formula is C20H33NS. The lowest BCUT2D eigenvalue weighted by molar-refractivity contribution is 0.563. The van der Waals surface area contributed by atoms with Crippen LogP contribution < -0.4 is 5.73 Å². The molecular weight excluding hydrogens is 286 g/mol. The molecule has 0 unspecified atom stereocenters. The zero-order valence-corrected chi connectivity index (χ0v) is 15.0. The Labute approximate surface area is 141 Å². The standard InChI is InChI=1S/C20H33NS/c1-2-3-4-5-6-7-8-9-10-11-17-22-18-16-19-12-14-20(21)15-13-19/h12-16,18H,2-11,17,21H2,1H3/b18-16-. The number of rotatable bonds is 13. The smallest absolute Gasteiger partial charge is 0.0314 e. The van der Waals surface area contributed by atoms with E-state index in [4.69, 9.17) is 5.73 Å². The third kappa shape index (κ3) is 10.8. The molecule has 1 aromatic rings. The molecule has 0 saturated heterocycles. The number of anilines is 1. The van der Waals surface area contributed by atoms with Crippen LogP contribution >= 0.6 is 11.8 Å². The van der Waals surface area contributed by atoms with Crippen LogP contribution in [-0.4, -0.2) is 5.75 Å². The Kier molecular flexibility index (Phi) is 12.0. The highest BCUT2D eigenvalue weighted by molar-refractivity contribution is 8.02. The first-order valence-electron chi connectivity index (χ1n) is 8.96. The van der Waals surface area contributed by atoms with Crippen molar-refractivity contribution in [3.8, 4) is 0 Å². The van der Waals surface area contributed by atoms with Gasteiger partial charge in [0.25, 0.3) is 0 Å². The van der Waals surface area contributed by atoms with Crippen LogP contribution in [0.2, 0.25) is 0 Å². The van der Waals surface area contributed by atoms with Gasteiger partial charge in [-0.15, -0.1) is 11.8 Å². The molecule has 124 valence electrons. The van der Waals surface area contributed by atoms with Crippen LogP contribution in [0.25, 0.3) is 6.08 Å². The Morgan fingerprint density at radius 1 is 0.818 bits per heavy atom. The van der Waals surface area contributed by atoms with Gasteiger partial charge in [-0.25, -0.2) is 0 Å². The lowest BCUT2D eigenvalue weighted by Crippen LogP contribution is -1.83. The molecule has 1 rings (SSSR count). The molecule has 1 nitrogen and oxygen atoms in total. The van der Waals surface area contributed by atoms with Crippen molar-refractivity contribution < 1.29 is 0 Å². The van der Waals surface area contributed by atoms with Crippen molar-refractivity contribution in [2.75, 3.05) is 11.5 Å². The minimum Gasteiger partial charge on any atom is -0.399 e. The maximum Gasteiger partial charge on any atom is 0.0314 e. The van der Waals surface area contributed by atoms with Gasteiger partial charge >= 0.3 is 0 Å². The van der Waals surface area contributed by atoms with E-state index >= 15 is 0 Å². The van der Waals surface area contributed by atoms with Crippen molar-refractivity contribution in [1.29, 1.82) is 0 Å². The third-order valence-corrected chi connectivity index (χ3v) is 4.76. The fraction of sp³-hybridized carbons (Fsp3) is 0.600. The average molecular weight is 320 g/mol. The molecule has 0 atom stereocenters. The molecule has 2 N–H and O–H groups in total. The largest absolute Gasteiger partial charge is 0.399 e. The molecule has 0 radical (unpaired) electrons. The molecule has 0 saturated carbocycles. The molecule has 0 aliphatic heterocycles. The van der Waals surface area contributed by atoms with E-state index < -0.39 is 0 Å². The van der Waals surface area contributed by atoms with Crippen LogP contribution in [0.5, 0.6) is 0 Å². The average Bonchev–Trinajstić information content (AvgIpc) is 2.53. The van der Waals surface area contributed by atoms with Crippen molar-refractivity contribution in [3.05, 3.63) is 35.2 Å². The first-order valence-corrected chi connectivity index (χ1v) is 10.0. The predicted molar refractivity (Wildman–Crippen MR) is 104 cm³/mol. The quantitative estimate of drug-likeness (QED) is 0.316. The lowest BCUT2D eigenvalue weighted by Gasteiger charge is -2.01. The second kappa shape index (κ2) is 13.8. The number of thioether (sulfide) groups is 1. The summed E-state index contributed by atoms with van der Waals surface area (Å²) in [6.45, 7) is 2.28. The van der Waals surface area contributed by atoms with Gasteiger partial charge in [-0.05, 0) is 41.4 Å². The first-order chi connectivity index (χ1) is 10.8. The van der Waals surface area contributed by atoms with Gasteiger partial charge in [-0.2, -0.15) is 0 Å². The van der Waals surface area contributed by atoms with Gasteiger partial charge in [0.2, 0.25) is 0 Å². The predicted octanol–water partition coefficient (Wildman–Crippen LogP) is 6.89. The van der Waals surface area contributed by atoms with E-state index in [0.29, 0.717) is 0 Å². The Balaban J connectivity index is 1.86. The zero-order chi connectivity index (χ0) is 15.9. The molecule has 0 fully saturated rings. The summed E-state index contributed by atoms with van der Waals surface area (Å²) in [7, 11) is 0. The maximum absolute atomic E-state index is 5.67. The van der Waals surface area contributed by atoms with Gasteiger partial charge in [0.1, 0.15) is 0 Å². The van der Waals surface area contributed by atoms with Gasteiger partial charge in [-0.3, -0.25) is 0 Å². The van der Waals surface area contributed by atoms with Crippen LogP contribution in [-0.2, 0) is 0 Å². The Morgan fingerprint density at radius 2 is 1.36 bits per heavy atom. The molecule has 0 heterocycles. The monoisotopic (exact) mass is 319 g/mol. The summed E-state index contributed by atoms with van der Waals surface area (Å²) in [4.78, 5) is 0. The molecule has 0 aliphatic carbocycles. The topological polar surface area (TPSA) is 26.0 Å². The summed E-state index contributed by atoms with van der Waals surface area (Å²) in [5.41, 5.74) is 7.73. The molecule has 1 aromatic carbocycles. The Morgan fingerprint density at radius 3 is 1.95 bits per heavy atom. The van der Waals surface area contributed by atoms with E-state index in [1.807, 2.05) is 23.9 Å².